The molecule has 160 valence electrons. The van der Waals surface area contributed by atoms with E-state index in [-0.39, 0.29) is 22.2 Å². The van der Waals surface area contributed by atoms with Gasteiger partial charge >= 0.3 is 0 Å². The summed E-state index contributed by atoms with van der Waals surface area (Å²) in [6.45, 7) is 1.97. The molecule has 1 fully saturated rings. The maximum absolute atomic E-state index is 13.0. The van der Waals surface area contributed by atoms with E-state index < -0.39 is 21.5 Å². The zero-order valence-corrected chi connectivity index (χ0v) is 18.4. The first-order valence-corrected chi connectivity index (χ1v) is 11.7. The normalized spacial score (nSPS) is 18.5. The number of nitrogens with zero attached hydrogens (tertiary/aromatic N) is 1. The fraction of sp³-hybridized carbons (Fsp3) is 0.217. The summed E-state index contributed by atoms with van der Waals surface area (Å²) >= 11 is 5.98. The lowest BCUT2D eigenvalue weighted by molar-refractivity contribution is -0.156. The molecule has 0 saturated carbocycles. The highest BCUT2D eigenvalue weighted by Gasteiger charge is 2.50. The number of nitrogens with one attached hydrogen (secondary N) is 1. The zero-order chi connectivity index (χ0) is 22.2. The molecule has 0 spiro atoms. The molecular weight excluding hydrogens is 436 g/mol. The number of hydrogen-bond acceptors (Lipinski definition) is 4. The molecular formula is C23H21ClN2O4S. The quantitative estimate of drug-likeness (QED) is 0.636. The SMILES string of the molecule is CC1(C(=O)NS(=O)(=O)c2ccccc2Cl)CCN1C(=O)Cc1cccc2ccccc12. The second-order valence-corrected chi connectivity index (χ2v) is 9.81. The van der Waals surface area contributed by atoms with Gasteiger partial charge in [0.1, 0.15) is 10.4 Å². The average Bonchev–Trinajstić information content (AvgIpc) is 2.72. The van der Waals surface area contributed by atoms with Crippen LogP contribution in [-0.4, -0.2) is 37.2 Å². The van der Waals surface area contributed by atoms with Crippen molar-refractivity contribution in [3.8, 4) is 0 Å². The third kappa shape index (κ3) is 3.91. The van der Waals surface area contributed by atoms with Gasteiger partial charge < -0.3 is 4.90 Å². The number of carbonyl (C=O) groups excluding carboxylic acids is 2. The Kier molecular flexibility index (Phi) is 5.49. The van der Waals surface area contributed by atoms with E-state index in [0.29, 0.717) is 13.0 Å². The van der Waals surface area contributed by atoms with Gasteiger partial charge in [-0.15, -0.1) is 0 Å². The lowest BCUT2D eigenvalue weighted by atomic mass is 9.85. The molecule has 8 heteroatoms. The molecule has 0 aromatic heterocycles. The minimum Gasteiger partial charge on any atom is -0.328 e. The molecule has 0 radical (unpaired) electrons. The van der Waals surface area contributed by atoms with Gasteiger partial charge in [-0.1, -0.05) is 66.2 Å². The molecule has 31 heavy (non-hydrogen) atoms. The highest BCUT2D eigenvalue weighted by atomic mass is 35.5. The molecule has 1 aliphatic heterocycles. The van der Waals surface area contributed by atoms with Crippen LogP contribution in [0.1, 0.15) is 18.9 Å². The predicted molar refractivity (Wildman–Crippen MR) is 119 cm³/mol. The molecule has 0 bridgehead atoms. The van der Waals surface area contributed by atoms with E-state index in [2.05, 4.69) is 4.72 Å². The molecule has 1 heterocycles. The molecule has 3 aromatic carbocycles. The van der Waals surface area contributed by atoms with E-state index in [9.17, 15) is 18.0 Å². The number of halogens is 1. The largest absolute Gasteiger partial charge is 0.328 e. The van der Waals surface area contributed by atoms with Gasteiger partial charge in [-0.3, -0.25) is 9.59 Å². The number of fused-ring (bicyclic) bond motifs is 1. The van der Waals surface area contributed by atoms with Crippen LogP contribution in [-0.2, 0) is 26.0 Å². The monoisotopic (exact) mass is 456 g/mol. The predicted octanol–water partition coefficient (Wildman–Crippen LogP) is 3.53. The van der Waals surface area contributed by atoms with Crippen LogP contribution in [0.4, 0.5) is 0 Å². The van der Waals surface area contributed by atoms with Crippen molar-refractivity contribution in [3.05, 3.63) is 77.3 Å². The first-order valence-electron chi connectivity index (χ1n) is 9.81. The van der Waals surface area contributed by atoms with Gasteiger partial charge in [-0.25, -0.2) is 13.1 Å². The molecule has 3 aromatic rings. The minimum atomic E-state index is -4.16. The van der Waals surface area contributed by atoms with E-state index in [1.807, 2.05) is 42.5 Å². The van der Waals surface area contributed by atoms with Gasteiger partial charge in [0.15, 0.2) is 0 Å². The van der Waals surface area contributed by atoms with E-state index in [1.54, 1.807) is 13.0 Å². The summed E-state index contributed by atoms with van der Waals surface area (Å²) in [5.41, 5.74) is -0.378. The number of hydrogen-bond donors (Lipinski definition) is 1. The third-order valence-corrected chi connectivity index (χ3v) is 7.61. The first-order chi connectivity index (χ1) is 14.7. The van der Waals surface area contributed by atoms with Gasteiger partial charge in [-0.2, -0.15) is 0 Å². The van der Waals surface area contributed by atoms with Crippen LogP contribution in [0.5, 0.6) is 0 Å². The summed E-state index contributed by atoms with van der Waals surface area (Å²) in [6.07, 6.45) is 0.500. The number of amides is 2. The highest BCUT2D eigenvalue weighted by molar-refractivity contribution is 7.90. The lowest BCUT2D eigenvalue weighted by Gasteiger charge is -2.49. The summed E-state index contributed by atoms with van der Waals surface area (Å²) in [4.78, 5) is 27.2. The Bertz CT molecular complexity index is 1290. The van der Waals surface area contributed by atoms with Crippen molar-refractivity contribution in [2.24, 2.45) is 0 Å². The standard InChI is InChI=1S/C23H21ClN2O4S/c1-23(22(28)25-31(29,30)20-12-5-4-11-19(20)24)13-14-26(23)21(27)15-17-9-6-8-16-7-2-3-10-18(16)17/h2-12H,13-15H2,1H3,(H,25,28). The van der Waals surface area contributed by atoms with Crippen LogP contribution in [0.25, 0.3) is 10.8 Å². The van der Waals surface area contributed by atoms with E-state index in [4.69, 9.17) is 11.6 Å². The number of rotatable bonds is 5. The summed E-state index contributed by atoms with van der Waals surface area (Å²) in [6, 6.07) is 19.4. The average molecular weight is 457 g/mol. The Morgan fingerprint density at radius 2 is 1.71 bits per heavy atom. The van der Waals surface area contributed by atoms with Crippen LogP contribution in [0.3, 0.4) is 0 Å². The minimum absolute atomic E-state index is 0.0189. The first kappa shape index (κ1) is 21.3. The lowest BCUT2D eigenvalue weighted by Crippen LogP contribution is -2.68. The van der Waals surface area contributed by atoms with Crippen molar-refractivity contribution in [2.75, 3.05) is 6.54 Å². The number of sulfonamides is 1. The summed E-state index contributed by atoms with van der Waals surface area (Å²) in [5, 5.41) is 2.03. The molecule has 1 N–H and O–H groups in total. The van der Waals surface area contributed by atoms with Crippen LogP contribution in [0.2, 0.25) is 5.02 Å². The van der Waals surface area contributed by atoms with Crippen molar-refractivity contribution in [1.82, 2.24) is 9.62 Å². The number of likely N-dealkylation sites (tertiary alicyclic amines) is 1. The Balaban J connectivity index is 1.52. The summed E-state index contributed by atoms with van der Waals surface area (Å²) in [7, 11) is -4.16. The number of carbonyl (C=O) groups is 2. The van der Waals surface area contributed by atoms with Crippen molar-refractivity contribution in [3.63, 3.8) is 0 Å². The molecule has 1 atom stereocenters. The van der Waals surface area contributed by atoms with Crippen LogP contribution >= 0.6 is 11.6 Å². The van der Waals surface area contributed by atoms with Crippen LogP contribution in [0.15, 0.2) is 71.6 Å². The van der Waals surface area contributed by atoms with Gasteiger partial charge in [-0.05, 0) is 41.8 Å². The fourth-order valence-electron chi connectivity index (χ4n) is 3.85. The maximum Gasteiger partial charge on any atom is 0.265 e. The van der Waals surface area contributed by atoms with E-state index in [1.165, 1.54) is 23.1 Å². The van der Waals surface area contributed by atoms with Gasteiger partial charge in [0.25, 0.3) is 15.9 Å². The molecule has 4 rings (SSSR count). The highest BCUT2D eigenvalue weighted by Crippen LogP contribution is 2.33. The summed E-state index contributed by atoms with van der Waals surface area (Å²) in [5.74, 6) is -0.972. The summed E-state index contributed by atoms with van der Waals surface area (Å²) < 4.78 is 27.4. The smallest absolute Gasteiger partial charge is 0.265 e. The second-order valence-electron chi connectivity index (χ2n) is 7.75. The third-order valence-electron chi connectivity index (χ3n) is 5.78. The van der Waals surface area contributed by atoms with Crippen molar-refractivity contribution in [2.45, 2.75) is 30.2 Å². The topological polar surface area (TPSA) is 83.6 Å². The molecule has 6 nitrogen and oxygen atoms in total. The number of benzene rings is 3. The fourth-order valence-corrected chi connectivity index (χ4v) is 5.45. The van der Waals surface area contributed by atoms with Gasteiger partial charge in [0, 0.05) is 6.54 Å². The van der Waals surface area contributed by atoms with Gasteiger partial charge in [0.05, 0.1) is 11.4 Å². The maximum atomic E-state index is 13.0. The Hall–Kier alpha value is -2.90. The van der Waals surface area contributed by atoms with Crippen LogP contribution in [0, 0.1) is 0 Å². The van der Waals surface area contributed by atoms with E-state index >= 15 is 0 Å². The Morgan fingerprint density at radius 3 is 2.42 bits per heavy atom. The molecule has 2 amide bonds. The second kappa shape index (κ2) is 7.98. The van der Waals surface area contributed by atoms with E-state index in [0.717, 1.165) is 16.3 Å². The Morgan fingerprint density at radius 1 is 1.03 bits per heavy atom. The van der Waals surface area contributed by atoms with Crippen LogP contribution < -0.4 is 4.72 Å². The molecule has 1 saturated heterocycles. The molecule has 1 unspecified atom stereocenters. The van der Waals surface area contributed by atoms with Gasteiger partial charge in [0.2, 0.25) is 5.91 Å². The Labute approximate surface area is 185 Å². The molecule has 0 aliphatic carbocycles. The van der Waals surface area contributed by atoms with Crippen molar-refractivity contribution < 1.29 is 18.0 Å². The zero-order valence-electron chi connectivity index (χ0n) is 16.8. The van der Waals surface area contributed by atoms with Crippen molar-refractivity contribution >= 4 is 44.2 Å². The molecule has 1 aliphatic rings. The van der Waals surface area contributed by atoms with Crippen molar-refractivity contribution in [1.29, 1.82) is 0 Å².